The molecule has 0 bridgehead atoms. The van der Waals surface area contributed by atoms with Crippen LogP contribution < -0.4 is 0 Å². The van der Waals surface area contributed by atoms with Crippen LogP contribution in [0.3, 0.4) is 0 Å². The molecule has 1 saturated heterocycles. The van der Waals surface area contributed by atoms with Crippen LogP contribution in [0.2, 0.25) is 10.0 Å². The van der Waals surface area contributed by atoms with Gasteiger partial charge in [-0.2, -0.15) is 0 Å². The minimum atomic E-state index is -0.265. The van der Waals surface area contributed by atoms with Gasteiger partial charge in [-0.15, -0.1) is 0 Å². The molecule has 2 aromatic rings. The predicted molar refractivity (Wildman–Crippen MR) is 93.1 cm³/mol. The number of morpholine rings is 1. The van der Waals surface area contributed by atoms with Crippen LogP contribution in [0.5, 0.6) is 0 Å². The van der Waals surface area contributed by atoms with E-state index in [0.29, 0.717) is 42.5 Å². The molecular weight excluding hydrogens is 349 g/mol. The summed E-state index contributed by atoms with van der Waals surface area (Å²) in [5.74, 6) is -0.455. The maximum absolute atomic E-state index is 12.7. The Morgan fingerprint density at radius 1 is 0.958 bits per heavy atom. The lowest BCUT2D eigenvalue weighted by Gasteiger charge is -2.27. The van der Waals surface area contributed by atoms with Crippen molar-refractivity contribution in [1.82, 2.24) is 4.90 Å². The summed E-state index contributed by atoms with van der Waals surface area (Å²) in [4.78, 5) is 27.0. The zero-order chi connectivity index (χ0) is 17.1. The Kier molecular flexibility index (Phi) is 5.19. The summed E-state index contributed by atoms with van der Waals surface area (Å²) in [5, 5.41) is 0.636. The average molecular weight is 364 g/mol. The monoisotopic (exact) mass is 363 g/mol. The van der Waals surface area contributed by atoms with E-state index >= 15 is 0 Å². The van der Waals surface area contributed by atoms with Crippen molar-refractivity contribution in [1.29, 1.82) is 0 Å². The maximum atomic E-state index is 12.7. The first-order valence-electron chi connectivity index (χ1n) is 7.54. The fourth-order valence-electron chi connectivity index (χ4n) is 2.59. The van der Waals surface area contributed by atoms with E-state index in [4.69, 9.17) is 27.9 Å². The van der Waals surface area contributed by atoms with Crippen LogP contribution in [-0.4, -0.2) is 42.9 Å². The number of nitrogens with zero attached hydrogens (tertiary/aromatic N) is 1. The van der Waals surface area contributed by atoms with Gasteiger partial charge in [-0.25, -0.2) is 0 Å². The van der Waals surface area contributed by atoms with E-state index in [0.717, 1.165) is 0 Å². The Bertz CT molecular complexity index is 786. The first kappa shape index (κ1) is 17.0. The van der Waals surface area contributed by atoms with Crippen molar-refractivity contribution in [2.75, 3.05) is 26.3 Å². The molecule has 1 aliphatic rings. The normalized spacial score (nSPS) is 14.5. The van der Waals surface area contributed by atoms with Gasteiger partial charge in [0.2, 0.25) is 0 Å². The topological polar surface area (TPSA) is 46.6 Å². The Morgan fingerprint density at radius 2 is 1.62 bits per heavy atom. The van der Waals surface area contributed by atoms with Gasteiger partial charge in [0.05, 0.1) is 23.8 Å². The van der Waals surface area contributed by atoms with Gasteiger partial charge >= 0.3 is 0 Å². The van der Waals surface area contributed by atoms with Crippen molar-refractivity contribution < 1.29 is 14.3 Å². The Hall–Kier alpha value is -1.88. The molecule has 2 aromatic carbocycles. The van der Waals surface area contributed by atoms with Crippen molar-refractivity contribution in [3.63, 3.8) is 0 Å². The minimum absolute atomic E-state index is 0.166. The highest BCUT2D eigenvalue weighted by molar-refractivity contribution is 6.38. The maximum Gasteiger partial charge on any atom is 0.255 e. The molecule has 0 N–H and O–H groups in total. The average Bonchev–Trinajstić information content (AvgIpc) is 2.61. The Morgan fingerprint density at radius 3 is 2.33 bits per heavy atom. The highest BCUT2D eigenvalue weighted by Gasteiger charge is 2.23. The number of rotatable bonds is 3. The summed E-state index contributed by atoms with van der Waals surface area (Å²) in [6, 6.07) is 11.6. The van der Waals surface area contributed by atoms with Gasteiger partial charge in [-0.1, -0.05) is 41.4 Å². The largest absolute Gasteiger partial charge is 0.378 e. The Balaban J connectivity index is 1.93. The lowest BCUT2D eigenvalue weighted by molar-refractivity contribution is 0.0303. The first-order valence-corrected chi connectivity index (χ1v) is 8.29. The SMILES string of the molecule is O=C(c1cccc(Cl)c1)c1cccc(C(=O)N2CCOCC2)c1Cl. The number of halogens is 2. The standard InChI is InChI=1S/C18H15Cl2NO3/c19-13-4-1-3-12(11-13)17(22)14-5-2-6-15(16(14)20)18(23)21-7-9-24-10-8-21/h1-6,11H,7-10H2. The summed E-state index contributed by atoms with van der Waals surface area (Å²) >= 11 is 12.3. The first-order chi connectivity index (χ1) is 11.6. The van der Waals surface area contributed by atoms with Crippen LogP contribution in [0.15, 0.2) is 42.5 Å². The van der Waals surface area contributed by atoms with E-state index in [1.165, 1.54) is 0 Å². The number of amides is 1. The second kappa shape index (κ2) is 7.34. The zero-order valence-corrected chi connectivity index (χ0v) is 14.3. The number of ether oxygens (including phenoxy) is 1. The summed E-state index contributed by atoms with van der Waals surface area (Å²) in [6.07, 6.45) is 0. The van der Waals surface area contributed by atoms with Gasteiger partial charge < -0.3 is 9.64 Å². The highest BCUT2D eigenvalue weighted by Crippen LogP contribution is 2.26. The summed E-state index contributed by atoms with van der Waals surface area (Å²) in [7, 11) is 0. The molecule has 3 rings (SSSR count). The predicted octanol–water partition coefficient (Wildman–Crippen LogP) is 3.70. The van der Waals surface area contributed by atoms with Gasteiger partial charge in [-0.05, 0) is 24.3 Å². The molecule has 0 aromatic heterocycles. The van der Waals surface area contributed by atoms with E-state index in [1.807, 2.05) is 0 Å². The van der Waals surface area contributed by atoms with Crippen molar-refractivity contribution in [2.45, 2.75) is 0 Å². The van der Waals surface area contributed by atoms with Gasteiger partial charge in [0.15, 0.2) is 5.78 Å². The van der Waals surface area contributed by atoms with Crippen LogP contribution in [0.4, 0.5) is 0 Å². The van der Waals surface area contributed by atoms with Crippen LogP contribution in [0.1, 0.15) is 26.3 Å². The number of benzene rings is 2. The molecular formula is C18H15Cl2NO3. The van der Waals surface area contributed by atoms with Crippen molar-refractivity contribution >= 4 is 34.9 Å². The van der Waals surface area contributed by atoms with E-state index in [9.17, 15) is 9.59 Å². The van der Waals surface area contributed by atoms with E-state index in [-0.39, 0.29) is 22.3 Å². The molecule has 0 spiro atoms. The third-order valence-corrected chi connectivity index (χ3v) is 4.50. The molecule has 4 nitrogen and oxygen atoms in total. The van der Waals surface area contributed by atoms with Gasteiger partial charge in [0.25, 0.3) is 5.91 Å². The molecule has 1 heterocycles. The number of hydrogen-bond acceptors (Lipinski definition) is 3. The molecule has 1 fully saturated rings. The van der Waals surface area contributed by atoms with Gasteiger partial charge in [-0.3, -0.25) is 9.59 Å². The zero-order valence-electron chi connectivity index (χ0n) is 12.8. The van der Waals surface area contributed by atoms with E-state index in [2.05, 4.69) is 0 Å². The van der Waals surface area contributed by atoms with Gasteiger partial charge in [0, 0.05) is 29.2 Å². The summed E-state index contributed by atoms with van der Waals surface area (Å²) in [6.45, 7) is 2.04. The second-order valence-corrected chi connectivity index (χ2v) is 6.23. The molecule has 0 saturated carbocycles. The number of carbonyl (C=O) groups excluding carboxylic acids is 2. The van der Waals surface area contributed by atoms with Crippen molar-refractivity contribution in [3.05, 3.63) is 69.2 Å². The van der Waals surface area contributed by atoms with Crippen molar-refractivity contribution in [3.8, 4) is 0 Å². The number of hydrogen-bond donors (Lipinski definition) is 0. The molecule has 0 unspecified atom stereocenters. The van der Waals surface area contributed by atoms with E-state index in [1.54, 1.807) is 47.4 Å². The smallest absolute Gasteiger partial charge is 0.255 e. The number of carbonyl (C=O) groups is 2. The fraction of sp³-hybridized carbons (Fsp3) is 0.222. The molecule has 0 aliphatic carbocycles. The molecule has 1 aliphatic heterocycles. The van der Waals surface area contributed by atoms with E-state index < -0.39 is 0 Å². The summed E-state index contributed by atoms with van der Waals surface area (Å²) in [5.41, 5.74) is 1.05. The van der Waals surface area contributed by atoms with Gasteiger partial charge in [0.1, 0.15) is 0 Å². The number of ketones is 1. The fourth-order valence-corrected chi connectivity index (χ4v) is 3.08. The Labute approximate surface area is 149 Å². The third kappa shape index (κ3) is 3.46. The highest BCUT2D eigenvalue weighted by atomic mass is 35.5. The quantitative estimate of drug-likeness (QED) is 0.781. The third-order valence-electron chi connectivity index (χ3n) is 3.86. The lowest BCUT2D eigenvalue weighted by atomic mass is 10.0. The molecule has 124 valence electrons. The van der Waals surface area contributed by atoms with Crippen LogP contribution in [0, 0.1) is 0 Å². The molecule has 24 heavy (non-hydrogen) atoms. The van der Waals surface area contributed by atoms with Crippen LogP contribution in [-0.2, 0) is 4.74 Å². The van der Waals surface area contributed by atoms with Crippen LogP contribution in [0.25, 0.3) is 0 Å². The molecule has 0 radical (unpaired) electrons. The minimum Gasteiger partial charge on any atom is -0.378 e. The van der Waals surface area contributed by atoms with Crippen molar-refractivity contribution in [2.24, 2.45) is 0 Å². The molecule has 6 heteroatoms. The molecule has 1 amide bonds. The lowest BCUT2D eigenvalue weighted by Crippen LogP contribution is -2.40. The second-order valence-electron chi connectivity index (χ2n) is 5.41. The molecule has 0 atom stereocenters. The van der Waals surface area contributed by atoms with Crippen LogP contribution >= 0.6 is 23.2 Å². The summed E-state index contributed by atoms with van der Waals surface area (Å²) < 4.78 is 5.25.